The molecule has 0 aromatic heterocycles. The number of carbonyl (C=O) groups excluding carboxylic acids is 2. The molecule has 2 aromatic rings. The van der Waals surface area contributed by atoms with Crippen LogP contribution in [0.3, 0.4) is 0 Å². The third kappa shape index (κ3) is 5.57. The normalized spacial score (nSPS) is 14.7. The number of hydrogen-bond donors (Lipinski definition) is 2. The molecule has 0 radical (unpaired) electrons. The molecule has 1 fully saturated rings. The van der Waals surface area contributed by atoms with Crippen molar-refractivity contribution in [1.29, 1.82) is 0 Å². The second kappa shape index (κ2) is 9.56. The van der Waals surface area contributed by atoms with Gasteiger partial charge in [0.15, 0.2) is 6.54 Å². The number of hydrogen-bond acceptors (Lipinski definition) is 3. The first-order valence-electron chi connectivity index (χ1n) is 10.3. The van der Waals surface area contributed by atoms with E-state index in [2.05, 4.69) is 41.4 Å². The predicted octanol–water partition coefficient (Wildman–Crippen LogP) is 1.92. The molecule has 0 saturated carbocycles. The minimum atomic E-state index is -0.00300. The Labute approximate surface area is 173 Å². The molecular weight excluding hydrogens is 364 g/mol. The van der Waals surface area contributed by atoms with E-state index >= 15 is 0 Å². The Hall–Kier alpha value is -2.86. The zero-order valence-electron chi connectivity index (χ0n) is 17.6. The molecule has 0 bridgehead atoms. The van der Waals surface area contributed by atoms with Crippen molar-refractivity contribution in [1.82, 2.24) is 0 Å². The Bertz CT molecular complexity index is 831. The van der Waals surface area contributed by atoms with E-state index < -0.39 is 0 Å². The fraction of sp³-hybridized carbons (Fsp3) is 0.391. The Balaban J connectivity index is 1.53. The molecule has 2 amide bonds. The standard InChI is InChI=1S/C23H30N4O2/c1-4-26(16-18-7-11-20(12-8-18)25(2)3)17-22(28)24-19-9-13-21(14-10-19)27-15-5-6-23(27)29/h7-14H,4-6,15-17H2,1-3H3,(H,24,28)/p+1. The summed E-state index contributed by atoms with van der Waals surface area (Å²) in [4.78, 5) is 29.4. The van der Waals surface area contributed by atoms with Gasteiger partial charge in [-0.15, -0.1) is 0 Å². The Morgan fingerprint density at radius 2 is 1.79 bits per heavy atom. The van der Waals surface area contributed by atoms with Crippen LogP contribution in [0.2, 0.25) is 0 Å². The molecule has 1 aliphatic rings. The minimum Gasteiger partial charge on any atom is -0.378 e. The van der Waals surface area contributed by atoms with Crippen molar-refractivity contribution in [2.75, 3.05) is 48.8 Å². The van der Waals surface area contributed by atoms with Crippen LogP contribution in [-0.4, -0.2) is 45.5 Å². The lowest BCUT2D eigenvalue weighted by Crippen LogP contribution is -3.11. The van der Waals surface area contributed by atoms with Gasteiger partial charge in [-0.2, -0.15) is 0 Å². The van der Waals surface area contributed by atoms with Crippen molar-refractivity contribution in [3.05, 3.63) is 54.1 Å². The molecular formula is C23H31N4O2+. The van der Waals surface area contributed by atoms with E-state index in [0.29, 0.717) is 13.0 Å². The second-order valence-corrected chi connectivity index (χ2v) is 7.76. The number of anilines is 3. The summed E-state index contributed by atoms with van der Waals surface area (Å²) in [5, 5.41) is 2.98. The topological polar surface area (TPSA) is 57.1 Å². The molecule has 154 valence electrons. The highest BCUT2D eigenvalue weighted by atomic mass is 16.2. The molecule has 0 aliphatic carbocycles. The average Bonchev–Trinajstić information content (AvgIpc) is 3.14. The minimum absolute atomic E-state index is 0.00300. The van der Waals surface area contributed by atoms with Crippen LogP contribution in [0.25, 0.3) is 0 Å². The summed E-state index contributed by atoms with van der Waals surface area (Å²) in [7, 11) is 4.05. The Morgan fingerprint density at radius 1 is 1.10 bits per heavy atom. The van der Waals surface area contributed by atoms with E-state index in [1.54, 1.807) is 4.90 Å². The van der Waals surface area contributed by atoms with Crippen LogP contribution in [0.4, 0.5) is 17.1 Å². The average molecular weight is 396 g/mol. The van der Waals surface area contributed by atoms with Crippen molar-refractivity contribution >= 4 is 28.9 Å². The van der Waals surface area contributed by atoms with Gasteiger partial charge in [-0.3, -0.25) is 9.59 Å². The van der Waals surface area contributed by atoms with Gasteiger partial charge in [-0.25, -0.2) is 0 Å². The van der Waals surface area contributed by atoms with Gasteiger partial charge >= 0.3 is 0 Å². The highest BCUT2D eigenvalue weighted by molar-refractivity contribution is 5.96. The monoisotopic (exact) mass is 395 g/mol. The lowest BCUT2D eigenvalue weighted by Gasteiger charge is -2.19. The van der Waals surface area contributed by atoms with Gasteiger partial charge in [-0.1, -0.05) is 12.1 Å². The van der Waals surface area contributed by atoms with Gasteiger partial charge in [0.25, 0.3) is 5.91 Å². The Kier molecular flexibility index (Phi) is 6.88. The van der Waals surface area contributed by atoms with E-state index in [-0.39, 0.29) is 11.8 Å². The molecule has 2 N–H and O–H groups in total. The molecule has 0 spiro atoms. The smallest absolute Gasteiger partial charge is 0.279 e. The molecule has 3 rings (SSSR count). The van der Waals surface area contributed by atoms with Crippen LogP contribution in [0.1, 0.15) is 25.3 Å². The van der Waals surface area contributed by atoms with E-state index in [9.17, 15) is 9.59 Å². The third-order valence-electron chi connectivity index (χ3n) is 5.35. The summed E-state index contributed by atoms with van der Waals surface area (Å²) in [5.74, 6) is 0.166. The van der Waals surface area contributed by atoms with Crippen molar-refractivity contribution < 1.29 is 14.5 Å². The zero-order valence-corrected chi connectivity index (χ0v) is 17.6. The van der Waals surface area contributed by atoms with Crippen molar-refractivity contribution in [3.8, 4) is 0 Å². The summed E-state index contributed by atoms with van der Waals surface area (Å²) in [6.45, 7) is 4.97. The summed E-state index contributed by atoms with van der Waals surface area (Å²) in [6.07, 6.45) is 1.52. The number of quaternary nitrogens is 1. The van der Waals surface area contributed by atoms with Crippen LogP contribution in [-0.2, 0) is 16.1 Å². The lowest BCUT2D eigenvalue weighted by molar-refractivity contribution is -0.903. The summed E-state index contributed by atoms with van der Waals surface area (Å²) in [5.41, 5.74) is 4.05. The summed E-state index contributed by atoms with van der Waals surface area (Å²) in [6, 6.07) is 16.0. The van der Waals surface area contributed by atoms with E-state index in [0.717, 1.165) is 37.4 Å². The van der Waals surface area contributed by atoms with Gasteiger partial charge in [0, 0.05) is 49.7 Å². The quantitative estimate of drug-likeness (QED) is 0.718. The van der Waals surface area contributed by atoms with Gasteiger partial charge < -0.3 is 20.0 Å². The summed E-state index contributed by atoms with van der Waals surface area (Å²) >= 11 is 0. The molecule has 6 nitrogen and oxygen atoms in total. The maximum absolute atomic E-state index is 12.5. The third-order valence-corrected chi connectivity index (χ3v) is 5.35. The molecule has 1 aliphatic heterocycles. The number of rotatable bonds is 8. The first-order chi connectivity index (χ1) is 14.0. The van der Waals surface area contributed by atoms with Crippen LogP contribution < -0.4 is 20.0 Å². The van der Waals surface area contributed by atoms with Gasteiger partial charge in [0.1, 0.15) is 6.54 Å². The molecule has 29 heavy (non-hydrogen) atoms. The van der Waals surface area contributed by atoms with Crippen LogP contribution >= 0.6 is 0 Å². The Morgan fingerprint density at radius 3 is 2.34 bits per heavy atom. The number of amides is 2. The van der Waals surface area contributed by atoms with Crippen LogP contribution in [0.5, 0.6) is 0 Å². The maximum Gasteiger partial charge on any atom is 0.279 e. The van der Waals surface area contributed by atoms with Crippen molar-refractivity contribution in [2.24, 2.45) is 0 Å². The number of nitrogens with zero attached hydrogens (tertiary/aromatic N) is 2. The fourth-order valence-corrected chi connectivity index (χ4v) is 3.59. The zero-order chi connectivity index (χ0) is 20.8. The van der Waals surface area contributed by atoms with E-state index in [4.69, 9.17) is 0 Å². The van der Waals surface area contributed by atoms with E-state index in [1.165, 1.54) is 16.2 Å². The molecule has 6 heteroatoms. The number of carbonyl (C=O) groups is 2. The molecule has 1 unspecified atom stereocenters. The number of nitrogens with one attached hydrogen (secondary N) is 2. The second-order valence-electron chi connectivity index (χ2n) is 7.76. The maximum atomic E-state index is 12.5. The predicted molar refractivity (Wildman–Crippen MR) is 118 cm³/mol. The first kappa shape index (κ1) is 20.9. The van der Waals surface area contributed by atoms with Crippen LogP contribution in [0, 0.1) is 0 Å². The highest BCUT2D eigenvalue weighted by Crippen LogP contribution is 2.22. The number of likely N-dealkylation sites (N-methyl/N-ethyl adjacent to an activating group) is 1. The van der Waals surface area contributed by atoms with Gasteiger partial charge in [-0.05, 0) is 49.7 Å². The van der Waals surface area contributed by atoms with Gasteiger partial charge in [0.2, 0.25) is 5.91 Å². The largest absolute Gasteiger partial charge is 0.378 e. The van der Waals surface area contributed by atoms with Crippen LogP contribution in [0.15, 0.2) is 48.5 Å². The SMILES string of the molecule is CC[NH+](CC(=O)Nc1ccc(N2CCCC2=O)cc1)Cc1ccc(N(C)C)cc1. The van der Waals surface area contributed by atoms with Crippen molar-refractivity contribution in [3.63, 3.8) is 0 Å². The number of benzene rings is 2. The van der Waals surface area contributed by atoms with E-state index in [1.807, 2.05) is 38.4 Å². The molecule has 1 heterocycles. The van der Waals surface area contributed by atoms with Crippen molar-refractivity contribution in [2.45, 2.75) is 26.3 Å². The first-order valence-corrected chi connectivity index (χ1v) is 10.3. The molecule has 1 saturated heterocycles. The van der Waals surface area contributed by atoms with Gasteiger partial charge in [0.05, 0.1) is 6.54 Å². The lowest BCUT2D eigenvalue weighted by atomic mass is 10.2. The molecule has 2 aromatic carbocycles. The summed E-state index contributed by atoms with van der Waals surface area (Å²) < 4.78 is 0. The highest BCUT2D eigenvalue weighted by Gasteiger charge is 2.21. The molecule has 1 atom stereocenters. The fourth-order valence-electron chi connectivity index (χ4n) is 3.59.